The molecule has 2 aromatic carbocycles. The lowest BCUT2D eigenvalue weighted by Crippen LogP contribution is -2.22. The van der Waals surface area contributed by atoms with Crippen molar-refractivity contribution in [1.29, 1.82) is 0 Å². The van der Waals surface area contributed by atoms with Crippen molar-refractivity contribution < 1.29 is 0 Å². The lowest BCUT2D eigenvalue weighted by atomic mass is 9.97. The molecule has 0 aliphatic rings. The van der Waals surface area contributed by atoms with Crippen LogP contribution in [0.2, 0.25) is 0 Å². The molecule has 5 rings (SSSR count). The summed E-state index contributed by atoms with van der Waals surface area (Å²) in [7, 11) is 1.77. The van der Waals surface area contributed by atoms with Crippen LogP contribution in [0.1, 0.15) is 40.8 Å². The summed E-state index contributed by atoms with van der Waals surface area (Å²) in [6.45, 7) is 8.88. The molecule has 0 saturated heterocycles. The molecule has 7 heteroatoms. The molecule has 0 N–H and O–H groups in total. The van der Waals surface area contributed by atoms with Crippen molar-refractivity contribution in [2.75, 3.05) is 0 Å². The van der Waals surface area contributed by atoms with E-state index in [-0.39, 0.29) is 5.69 Å². The van der Waals surface area contributed by atoms with Gasteiger partial charge < -0.3 is 0 Å². The summed E-state index contributed by atoms with van der Waals surface area (Å²) in [5, 5.41) is 1.06. The van der Waals surface area contributed by atoms with Gasteiger partial charge in [-0.15, -0.1) is 11.3 Å². The Bertz CT molecular complexity index is 1560. The second-order valence-corrected chi connectivity index (χ2v) is 10.3. The van der Waals surface area contributed by atoms with Crippen LogP contribution in [0.4, 0.5) is 0 Å². The Morgan fingerprint density at radius 3 is 2.41 bits per heavy atom. The van der Waals surface area contributed by atoms with Crippen molar-refractivity contribution in [2.24, 2.45) is 7.05 Å². The predicted molar refractivity (Wildman–Crippen MR) is 138 cm³/mol. The van der Waals surface area contributed by atoms with Gasteiger partial charge in [0.15, 0.2) is 11.5 Å². The first-order valence-corrected chi connectivity index (χ1v) is 12.2. The molecule has 0 fully saturated rings. The van der Waals surface area contributed by atoms with Crippen LogP contribution in [0, 0.1) is 13.8 Å². The molecule has 0 bridgehead atoms. The van der Waals surface area contributed by atoms with Crippen LogP contribution >= 0.6 is 11.3 Å². The predicted octanol–water partition coefficient (Wildman–Crippen LogP) is 5.71. The number of hydrogen-bond donors (Lipinski definition) is 0. The molecule has 0 aliphatic carbocycles. The van der Waals surface area contributed by atoms with E-state index in [1.54, 1.807) is 33.7 Å². The highest BCUT2D eigenvalue weighted by atomic mass is 32.1. The van der Waals surface area contributed by atoms with E-state index in [0.29, 0.717) is 23.9 Å². The standard InChI is InChI=1S/C27H27N5OS/c1-16(2)21-8-6-7-9-22(21)25-28-14-23-26(30-25)32(27(33)31(23)5)15-19-10-12-20(13-11-19)24-17(3)34-18(4)29-24/h6-14,16H,15H2,1-5H3. The Kier molecular flexibility index (Phi) is 5.65. The van der Waals surface area contributed by atoms with Crippen molar-refractivity contribution >= 4 is 22.5 Å². The smallest absolute Gasteiger partial charge is 0.292 e. The van der Waals surface area contributed by atoms with E-state index < -0.39 is 0 Å². The first-order chi connectivity index (χ1) is 16.3. The third-order valence-electron chi connectivity index (χ3n) is 6.18. The molecule has 172 valence electrons. The molecule has 0 amide bonds. The molecule has 6 nitrogen and oxygen atoms in total. The highest BCUT2D eigenvalue weighted by Crippen LogP contribution is 2.29. The fourth-order valence-corrected chi connectivity index (χ4v) is 5.24. The summed E-state index contributed by atoms with van der Waals surface area (Å²) in [6.07, 6.45) is 1.75. The van der Waals surface area contributed by atoms with Gasteiger partial charge in [-0.3, -0.25) is 9.13 Å². The Morgan fingerprint density at radius 2 is 1.74 bits per heavy atom. The Hall–Kier alpha value is -3.58. The van der Waals surface area contributed by atoms with Crippen molar-refractivity contribution in [2.45, 2.75) is 40.2 Å². The van der Waals surface area contributed by atoms with E-state index in [2.05, 4.69) is 61.1 Å². The number of rotatable bonds is 5. The topological polar surface area (TPSA) is 65.6 Å². The van der Waals surface area contributed by atoms with Gasteiger partial charge in [-0.25, -0.2) is 19.7 Å². The maximum absolute atomic E-state index is 13.1. The van der Waals surface area contributed by atoms with E-state index >= 15 is 0 Å². The van der Waals surface area contributed by atoms with Crippen LogP contribution < -0.4 is 5.69 Å². The summed E-state index contributed by atoms with van der Waals surface area (Å²) in [4.78, 5) is 28.4. The third kappa shape index (κ3) is 3.86. The van der Waals surface area contributed by atoms with Gasteiger partial charge in [-0.05, 0) is 30.9 Å². The number of fused-ring (bicyclic) bond motifs is 1. The van der Waals surface area contributed by atoms with Gasteiger partial charge >= 0.3 is 5.69 Å². The lowest BCUT2D eigenvalue weighted by molar-refractivity contribution is 0.731. The third-order valence-corrected chi connectivity index (χ3v) is 7.07. The molecule has 3 aromatic heterocycles. The second-order valence-electron chi connectivity index (χ2n) is 8.91. The molecule has 0 aliphatic heterocycles. The van der Waals surface area contributed by atoms with Crippen molar-refractivity contribution in [3.63, 3.8) is 0 Å². The fraction of sp³-hybridized carbons (Fsp3) is 0.259. The number of imidazole rings is 1. The van der Waals surface area contributed by atoms with Gasteiger partial charge in [0.2, 0.25) is 0 Å². The van der Waals surface area contributed by atoms with Crippen LogP contribution in [0.5, 0.6) is 0 Å². The molecule has 0 spiro atoms. The first-order valence-electron chi connectivity index (χ1n) is 11.4. The number of nitrogens with zero attached hydrogens (tertiary/aromatic N) is 5. The average molecular weight is 470 g/mol. The molecule has 0 atom stereocenters. The van der Waals surface area contributed by atoms with E-state index in [4.69, 9.17) is 4.98 Å². The van der Waals surface area contributed by atoms with Gasteiger partial charge in [0.1, 0.15) is 5.52 Å². The minimum Gasteiger partial charge on any atom is -0.292 e. The molecule has 3 heterocycles. The van der Waals surface area contributed by atoms with Crippen molar-refractivity contribution in [1.82, 2.24) is 24.1 Å². The molecular formula is C27H27N5OS. The lowest BCUT2D eigenvalue weighted by Gasteiger charge is -2.11. The maximum Gasteiger partial charge on any atom is 0.330 e. The van der Waals surface area contributed by atoms with Crippen LogP contribution in [-0.2, 0) is 13.6 Å². The van der Waals surface area contributed by atoms with Gasteiger partial charge in [0, 0.05) is 23.1 Å². The summed E-state index contributed by atoms with van der Waals surface area (Å²) < 4.78 is 3.34. The number of thiazole rings is 1. The molecule has 0 unspecified atom stereocenters. The van der Waals surface area contributed by atoms with Gasteiger partial charge in [0.05, 0.1) is 23.4 Å². The summed E-state index contributed by atoms with van der Waals surface area (Å²) in [5.74, 6) is 0.984. The van der Waals surface area contributed by atoms with Crippen LogP contribution in [-0.4, -0.2) is 24.1 Å². The molecule has 0 saturated carbocycles. The van der Waals surface area contributed by atoms with E-state index in [0.717, 1.165) is 32.9 Å². The second kappa shape index (κ2) is 8.65. The van der Waals surface area contributed by atoms with Gasteiger partial charge in [-0.2, -0.15) is 0 Å². The molecule has 5 aromatic rings. The SMILES string of the molecule is Cc1nc(-c2ccc(Cn3c(=O)n(C)c4cnc(-c5ccccc5C(C)C)nc43)cc2)c(C)s1. The number of benzene rings is 2. The van der Waals surface area contributed by atoms with E-state index in [9.17, 15) is 4.79 Å². The maximum atomic E-state index is 13.1. The quantitative estimate of drug-likeness (QED) is 0.331. The van der Waals surface area contributed by atoms with Crippen LogP contribution in [0.25, 0.3) is 33.8 Å². The van der Waals surface area contributed by atoms with Gasteiger partial charge in [0.25, 0.3) is 0 Å². The Morgan fingerprint density at radius 1 is 1.00 bits per heavy atom. The monoisotopic (exact) mass is 469 g/mol. The molecular weight excluding hydrogens is 442 g/mol. The van der Waals surface area contributed by atoms with Crippen molar-refractivity contribution in [3.8, 4) is 22.6 Å². The zero-order valence-corrected chi connectivity index (χ0v) is 20.8. The summed E-state index contributed by atoms with van der Waals surface area (Å²) in [5.41, 5.74) is 6.60. The summed E-state index contributed by atoms with van der Waals surface area (Å²) >= 11 is 1.71. The zero-order chi connectivity index (χ0) is 24.0. The zero-order valence-electron chi connectivity index (χ0n) is 20.0. The van der Waals surface area contributed by atoms with E-state index in [1.807, 2.05) is 25.1 Å². The van der Waals surface area contributed by atoms with Crippen molar-refractivity contribution in [3.05, 3.63) is 86.2 Å². The minimum absolute atomic E-state index is 0.103. The largest absolute Gasteiger partial charge is 0.330 e. The van der Waals surface area contributed by atoms with E-state index in [1.165, 1.54) is 10.4 Å². The van der Waals surface area contributed by atoms with Gasteiger partial charge in [-0.1, -0.05) is 62.4 Å². The Labute approximate surface area is 202 Å². The number of aromatic nitrogens is 5. The molecule has 0 radical (unpaired) electrons. The summed E-state index contributed by atoms with van der Waals surface area (Å²) in [6, 6.07) is 16.5. The average Bonchev–Trinajstić information content (AvgIpc) is 3.30. The minimum atomic E-state index is -0.103. The molecule has 34 heavy (non-hydrogen) atoms. The normalized spacial score (nSPS) is 11.6. The van der Waals surface area contributed by atoms with Crippen LogP contribution in [0.15, 0.2) is 59.5 Å². The fourth-order valence-electron chi connectivity index (χ4n) is 4.40. The highest BCUT2D eigenvalue weighted by molar-refractivity contribution is 7.11. The number of hydrogen-bond acceptors (Lipinski definition) is 5. The highest BCUT2D eigenvalue weighted by Gasteiger charge is 2.17. The Balaban J connectivity index is 1.55. The number of aryl methyl sites for hydroxylation is 3. The first kappa shape index (κ1) is 22.2. The van der Waals surface area contributed by atoms with Crippen LogP contribution in [0.3, 0.4) is 0 Å².